The van der Waals surface area contributed by atoms with Crippen molar-refractivity contribution in [3.63, 3.8) is 0 Å². The van der Waals surface area contributed by atoms with Crippen LogP contribution in [0.15, 0.2) is 54.7 Å². The highest BCUT2D eigenvalue weighted by atomic mass is 35.5. The average Bonchev–Trinajstić information content (AvgIpc) is 3.03. The number of hydrogen-bond acceptors (Lipinski definition) is 2. The van der Waals surface area contributed by atoms with Crippen molar-refractivity contribution in [2.75, 3.05) is 7.05 Å². The Balaban J connectivity index is 1.78. The maximum absolute atomic E-state index is 13.0. The number of nitrogens with zero attached hydrogens (tertiary/aromatic N) is 1. The Hall–Kier alpha value is -2.79. The number of rotatable bonds is 6. The summed E-state index contributed by atoms with van der Waals surface area (Å²) in [5.41, 5.74) is 2.94. The molecule has 0 aliphatic carbocycles. The first-order valence-electron chi connectivity index (χ1n) is 8.75. The lowest BCUT2D eigenvalue weighted by molar-refractivity contribution is -0.135. The lowest BCUT2D eigenvalue weighted by Gasteiger charge is -2.24. The number of likely N-dealkylation sites (N-methyl/N-ethyl adjacent to an activating group) is 1. The zero-order chi connectivity index (χ0) is 19.4. The van der Waals surface area contributed by atoms with Crippen LogP contribution in [0.2, 0.25) is 5.02 Å². The average molecular weight is 384 g/mol. The summed E-state index contributed by atoms with van der Waals surface area (Å²) in [5, 5.41) is 4.47. The van der Waals surface area contributed by atoms with E-state index in [-0.39, 0.29) is 11.8 Å². The van der Waals surface area contributed by atoms with Crippen LogP contribution in [0.4, 0.5) is 0 Å². The topological polar surface area (TPSA) is 65.2 Å². The third kappa shape index (κ3) is 4.68. The fourth-order valence-electron chi connectivity index (χ4n) is 3.22. The molecular formula is C21H22ClN3O2. The maximum Gasteiger partial charge on any atom is 0.245 e. The summed E-state index contributed by atoms with van der Waals surface area (Å²) in [6.07, 6.45) is 2.31. The number of halogens is 1. The van der Waals surface area contributed by atoms with Crippen LogP contribution < -0.4 is 5.32 Å². The molecule has 0 fully saturated rings. The van der Waals surface area contributed by atoms with Crippen LogP contribution in [0.5, 0.6) is 0 Å². The van der Waals surface area contributed by atoms with Gasteiger partial charge in [-0.15, -0.1) is 0 Å². The van der Waals surface area contributed by atoms with E-state index in [9.17, 15) is 9.59 Å². The maximum atomic E-state index is 13.0. The minimum Gasteiger partial charge on any atom is -0.361 e. The molecule has 0 aliphatic heterocycles. The Morgan fingerprint density at radius 2 is 1.96 bits per heavy atom. The molecule has 0 spiro atoms. The van der Waals surface area contributed by atoms with Gasteiger partial charge in [-0.25, -0.2) is 0 Å². The number of nitrogens with one attached hydrogen (secondary N) is 2. The molecule has 0 bridgehead atoms. The predicted octanol–water partition coefficient (Wildman–Crippen LogP) is 3.53. The number of hydrogen-bond donors (Lipinski definition) is 2. The molecule has 1 unspecified atom stereocenters. The van der Waals surface area contributed by atoms with Crippen LogP contribution >= 0.6 is 11.6 Å². The van der Waals surface area contributed by atoms with E-state index in [2.05, 4.69) is 10.3 Å². The molecule has 1 heterocycles. The number of para-hydroxylation sites is 1. The van der Waals surface area contributed by atoms with Gasteiger partial charge in [0.05, 0.1) is 0 Å². The van der Waals surface area contributed by atoms with Gasteiger partial charge in [0.15, 0.2) is 0 Å². The standard InChI is InChI=1S/C21H22ClN3O2/c1-14(26)24-20(11-16-12-23-19-9-4-3-8-18(16)19)21(27)25(2)13-15-6-5-7-17(22)10-15/h3-10,12,20,23H,11,13H2,1-2H3,(H,24,26). The van der Waals surface area contributed by atoms with Gasteiger partial charge in [0.2, 0.25) is 11.8 Å². The quantitative estimate of drug-likeness (QED) is 0.683. The monoisotopic (exact) mass is 383 g/mol. The molecule has 6 heteroatoms. The van der Waals surface area contributed by atoms with Crippen molar-refractivity contribution >= 4 is 34.3 Å². The summed E-state index contributed by atoms with van der Waals surface area (Å²) in [5.74, 6) is -0.375. The Labute approximate surface area is 163 Å². The van der Waals surface area contributed by atoms with Crippen LogP contribution in [0.3, 0.4) is 0 Å². The Morgan fingerprint density at radius 3 is 2.70 bits per heavy atom. The normalized spacial score (nSPS) is 12.0. The van der Waals surface area contributed by atoms with Crippen molar-refractivity contribution in [3.05, 3.63) is 70.9 Å². The SMILES string of the molecule is CC(=O)NC(Cc1c[nH]c2ccccc12)C(=O)N(C)Cc1cccc(Cl)c1. The van der Waals surface area contributed by atoms with E-state index >= 15 is 0 Å². The fraction of sp³-hybridized carbons (Fsp3) is 0.238. The Bertz CT molecular complexity index is 967. The van der Waals surface area contributed by atoms with E-state index in [0.29, 0.717) is 18.0 Å². The smallest absolute Gasteiger partial charge is 0.245 e. The van der Waals surface area contributed by atoms with Crippen LogP contribution in [-0.2, 0) is 22.6 Å². The molecule has 3 rings (SSSR count). The lowest BCUT2D eigenvalue weighted by Crippen LogP contribution is -2.47. The van der Waals surface area contributed by atoms with Crippen LogP contribution in [-0.4, -0.2) is 34.8 Å². The van der Waals surface area contributed by atoms with Gasteiger partial charge >= 0.3 is 0 Å². The van der Waals surface area contributed by atoms with Gasteiger partial charge in [0.1, 0.15) is 6.04 Å². The molecule has 140 valence electrons. The summed E-state index contributed by atoms with van der Waals surface area (Å²) in [6, 6.07) is 14.7. The third-order valence-electron chi connectivity index (χ3n) is 4.46. The number of amides is 2. The molecule has 3 aromatic rings. The summed E-state index contributed by atoms with van der Waals surface area (Å²) < 4.78 is 0. The van der Waals surface area contributed by atoms with E-state index in [1.54, 1.807) is 18.0 Å². The summed E-state index contributed by atoms with van der Waals surface area (Å²) in [6.45, 7) is 1.84. The van der Waals surface area contributed by atoms with Crippen molar-refractivity contribution < 1.29 is 9.59 Å². The number of carbonyl (C=O) groups excluding carboxylic acids is 2. The molecule has 0 aliphatic rings. The van der Waals surface area contributed by atoms with Crippen molar-refractivity contribution in [1.82, 2.24) is 15.2 Å². The molecule has 2 amide bonds. The fourth-order valence-corrected chi connectivity index (χ4v) is 3.43. The van der Waals surface area contributed by atoms with E-state index in [4.69, 9.17) is 11.6 Å². The molecule has 27 heavy (non-hydrogen) atoms. The van der Waals surface area contributed by atoms with Crippen molar-refractivity contribution in [1.29, 1.82) is 0 Å². The molecule has 2 aromatic carbocycles. The van der Waals surface area contributed by atoms with Gasteiger partial charge in [-0.2, -0.15) is 0 Å². The zero-order valence-corrected chi connectivity index (χ0v) is 16.1. The van der Waals surface area contributed by atoms with E-state index in [1.165, 1.54) is 6.92 Å². The van der Waals surface area contributed by atoms with Gasteiger partial charge in [-0.05, 0) is 29.3 Å². The largest absolute Gasteiger partial charge is 0.361 e. The Kier molecular flexibility index (Phi) is 5.81. The van der Waals surface area contributed by atoms with Crippen LogP contribution in [0.1, 0.15) is 18.1 Å². The minimum atomic E-state index is -0.633. The van der Waals surface area contributed by atoms with Gasteiger partial charge in [-0.3, -0.25) is 9.59 Å². The first-order valence-corrected chi connectivity index (χ1v) is 9.13. The van der Waals surface area contributed by atoms with Crippen molar-refractivity contribution in [3.8, 4) is 0 Å². The summed E-state index contributed by atoms with van der Waals surface area (Å²) in [4.78, 5) is 29.5. The summed E-state index contributed by atoms with van der Waals surface area (Å²) in [7, 11) is 1.73. The minimum absolute atomic E-state index is 0.143. The second-order valence-corrected chi connectivity index (χ2v) is 7.08. The number of carbonyl (C=O) groups is 2. The second-order valence-electron chi connectivity index (χ2n) is 6.64. The molecule has 1 aromatic heterocycles. The number of benzene rings is 2. The highest BCUT2D eigenvalue weighted by molar-refractivity contribution is 6.30. The molecular weight excluding hydrogens is 362 g/mol. The predicted molar refractivity (Wildman–Crippen MR) is 108 cm³/mol. The summed E-state index contributed by atoms with van der Waals surface area (Å²) >= 11 is 6.03. The third-order valence-corrected chi connectivity index (χ3v) is 4.69. The van der Waals surface area contributed by atoms with Crippen LogP contribution in [0, 0.1) is 0 Å². The number of aromatic amines is 1. The number of H-pyrrole nitrogens is 1. The molecule has 1 atom stereocenters. The van der Waals surface area contributed by atoms with Gasteiger partial charge in [-0.1, -0.05) is 41.9 Å². The van der Waals surface area contributed by atoms with Gasteiger partial charge in [0, 0.05) is 49.1 Å². The van der Waals surface area contributed by atoms with Gasteiger partial charge in [0.25, 0.3) is 0 Å². The van der Waals surface area contributed by atoms with E-state index in [1.807, 2.05) is 48.7 Å². The first-order chi connectivity index (χ1) is 12.9. The van der Waals surface area contributed by atoms with E-state index in [0.717, 1.165) is 22.0 Å². The molecule has 0 saturated carbocycles. The highest BCUT2D eigenvalue weighted by Crippen LogP contribution is 2.20. The second kappa shape index (κ2) is 8.27. The number of fused-ring (bicyclic) bond motifs is 1. The molecule has 0 saturated heterocycles. The number of aromatic nitrogens is 1. The molecule has 5 nitrogen and oxygen atoms in total. The lowest BCUT2D eigenvalue weighted by atomic mass is 10.0. The van der Waals surface area contributed by atoms with Crippen molar-refractivity contribution in [2.45, 2.75) is 25.9 Å². The Morgan fingerprint density at radius 1 is 1.19 bits per heavy atom. The van der Waals surface area contributed by atoms with Crippen molar-refractivity contribution in [2.24, 2.45) is 0 Å². The zero-order valence-electron chi connectivity index (χ0n) is 15.3. The van der Waals surface area contributed by atoms with Crippen LogP contribution in [0.25, 0.3) is 10.9 Å². The molecule has 2 N–H and O–H groups in total. The van der Waals surface area contributed by atoms with Gasteiger partial charge < -0.3 is 15.2 Å². The highest BCUT2D eigenvalue weighted by Gasteiger charge is 2.24. The molecule has 0 radical (unpaired) electrons. The first kappa shape index (κ1) is 19.0. The van der Waals surface area contributed by atoms with E-state index < -0.39 is 6.04 Å².